The topological polar surface area (TPSA) is 98.2 Å². The number of halogens is 1. The van der Waals surface area contributed by atoms with E-state index in [1.807, 2.05) is 37.2 Å². The fourth-order valence-electron chi connectivity index (χ4n) is 2.18. The summed E-state index contributed by atoms with van der Waals surface area (Å²) in [7, 11) is 5.73. The van der Waals surface area contributed by atoms with Crippen molar-refractivity contribution in [3.05, 3.63) is 72.1 Å². The molecule has 0 fully saturated rings. The van der Waals surface area contributed by atoms with E-state index in [-0.39, 0.29) is 11.7 Å². The van der Waals surface area contributed by atoms with E-state index in [1.54, 1.807) is 36.2 Å². The number of hydrogen-bond acceptors (Lipinski definition) is 5. The van der Waals surface area contributed by atoms with Gasteiger partial charge in [0.25, 0.3) is 5.91 Å². The van der Waals surface area contributed by atoms with Crippen LogP contribution < -0.4 is 0 Å². The lowest BCUT2D eigenvalue weighted by atomic mass is 10.2. The minimum absolute atomic E-state index is 0.0497. The molecule has 7 nitrogen and oxygen atoms in total. The number of carbonyl (C=O) groups excluding carboxylic acids is 1. The summed E-state index contributed by atoms with van der Waals surface area (Å²) >= 11 is 1.28. The zero-order valence-corrected chi connectivity index (χ0v) is 18.3. The molecule has 1 amide bonds. The van der Waals surface area contributed by atoms with Gasteiger partial charge in [-0.15, -0.1) is 0 Å². The zero-order chi connectivity index (χ0) is 23.4. The van der Waals surface area contributed by atoms with Gasteiger partial charge in [-0.1, -0.05) is 36.0 Å². The van der Waals surface area contributed by atoms with E-state index < -0.39 is 11.9 Å². The Labute approximate surface area is 184 Å². The Morgan fingerprint density at radius 3 is 1.90 bits per heavy atom. The molecule has 0 aliphatic carbocycles. The summed E-state index contributed by atoms with van der Waals surface area (Å²) in [6.07, 6.45) is 1.12. The van der Waals surface area contributed by atoms with Gasteiger partial charge in [0.1, 0.15) is 5.82 Å². The van der Waals surface area contributed by atoms with Crippen LogP contribution >= 0.6 is 11.8 Å². The van der Waals surface area contributed by atoms with E-state index in [2.05, 4.69) is 0 Å². The Hall–Kier alpha value is -3.17. The molecule has 0 unspecified atom stereocenters. The Balaban J connectivity index is 0.000000512. The maximum atomic E-state index is 13.9. The average molecular weight is 449 g/mol. The van der Waals surface area contributed by atoms with Crippen LogP contribution in [-0.2, 0) is 9.59 Å². The molecule has 9 heteroatoms. The fourth-order valence-corrected chi connectivity index (χ4v) is 3.14. The van der Waals surface area contributed by atoms with Gasteiger partial charge in [-0.2, -0.15) is 0 Å². The summed E-state index contributed by atoms with van der Waals surface area (Å²) in [6.45, 7) is 1.44. The number of carboxylic acids is 2. The van der Waals surface area contributed by atoms with E-state index in [1.165, 1.54) is 17.8 Å². The monoisotopic (exact) mass is 448 g/mol. The van der Waals surface area contributed by atoms with Gasteiger partial charge >= 0.3 is 11.9 Å². The van der Waals surface area contributed by atoms with Gasteiger partial charge in [0.05, 0.1) is 5.56 Å². The molecule has 0 saturated carbocycles. The highest BCUT2D eigenvalue weighted by Crippen LogP contribution is 2.32. The van der Waals surface area contributed by atoms with E-state index in [0.717, 1.165) is 11.4 Å². The molecular weight excluding hydrogens is 423 g/mol. The highest BCUT2D eigenvalue weighted by Gasteiger charge is 2.17. The van der Waals surface area contributed by atoms with Crippen LogP contribution in [0.5, 0.6) is 0 Å². The minimum Gasteiger partial charge on any atom is -0.478 e. The summed E-state index contributed by atoms with van der Waals surface area (Å²) in [6, 6.07) is 13.9. The van der Waals surface area contributed by atoms with Gasteiger partial charge in [-0.25, -0.2) is 14.0 Å². The normalized spacial score (nSPS) is 10.5. The number of rotatable bonds is 8. The fraction of sp³-hybridized carbons (Fsp3) is 0.227. The SMILES string of the molecule is CN(C)CCN(C)C(=O)c1ccccc1Sc1ccccc1F.O=C(O)C=CC(=O)O. The molecule has 31 heavy (non-hydrogen) atoms. The molecule has 2 aromatic carbocycles. The maximum Gasteiger partial charge on any atom is 0.328 e. The summed E-state index contributed by atoms with van der Waals surface area (Å²) in [5, 5.41) is 15.6. The van der Waals surface area contributed by atoms with Crippen LogP contribution in [0, 0.1) is 5.82 Å². The molecule has 2 rings (SSSR count). The Morgan fingerprint density at radius 1 is 0.871 bits per heavy atom. The Morgan fingerprint density at radius 2 is 1.39 bits per heavy atom. The van der Waals surface area contributed by atoms with Crippen molar-refractivity contribution in [2.75, 3.05) is 34.2 Å². The molecule has 0 aliphatic heterocycles. The quantitative estimate of drug-likeness (QED) is 0.598. The molecule has 0 bridgehead atoms. The molecule has 0 saturated heterocycles. The zero-order valence-electron chi connectivity index (χ0n) is 17.5. The minimum atomic E-state index is -1.26. The average Bonchev–Trinajstić information content (AvgIpc) is 2.72. The van der Waals surface area contributed by atoms with Crippen molar-refractivity contribution < 1.29 is 29.0 Å². The molecule has 0 radical (unpaired) electrons. The van der Waals surface area contributed by atoms with Crippen molar-refractivity contribution in [3.8, 4) is 0 Å². The van der Waals surface area contributed by atoms with E-state index in [9.17, 15) is 18.8 Å². The van der Waals surface area contributed by atoms with Crippen LogP contribution in [0.4, 0.5) is 4.39 Å². The molecule has 0 atom stereocenters. The third kappa shape index (κ3) is 9.92. The molecular formula is C22H25FN2O5S. The summed E-state index contributed by atoms with van der Waals surface area (Å²) in [4.78, 5) is 36.8. The first-order valence-electron chi connectivity index (χ1n) is 9.17. The number of benzene rings is 2. The van der Waals surface area contributed by atoms with Crippen molar-refractivity contribution in [2.24, 2.45) is 0 Å². The van der Waals surface area contributed by atoms with Gasteiger partial charge in [-0.05, 0) is 38.4 Å². The predicted octanol–water partition coefficient (Wildman–Crippen LogP) is 3.32. The number of hydrogen-bond donors (Lipinski definition) is 2. The number of amides is 1. The van der Waals surface area contributed by atoms with Crippen molar-refractivity contribution in [1.82, 2.24) is 9.80 Å². The van der Waals surface area contributed by atoms with Crippen LogP contribution in [0.25, 0.3) is 0 Å². The molecule has 166 valence electrons. The van der Waals surface area contributed by atoms with E-state index >= 15 is 0 Å². The third-order valence-electron chi connectivity index (χ3n) is 3.77. The van der Waals surface area contributed by atoms with Crippen molar-refractivity contribution >= 4 is 29.6 Å². The van der Waals surface area contributed by atoms with Gasteiger partial charge in [0.2, 0.25) is 0 Å². The smallest absolute Gasteiger partial charge is 0.328 e. The summed E-state index contributed by atoms with van der Waals surface area (Å²) < 4.78 is 13.9. The van der Waals surface area contributed by atoms with Crippen molar-refractivity contribution in [3.63, 3.8) is 0 Å². The van der Waals surface area contributed by atoms with E-state index in [4.69, 9.17) is 10.2 Å². The first kappa shape index (κ1) is 25.9. The van der Waals surface area contributed by atoms with E-state index in [0.29, 0.717) is 29.2 Å². The number of carbonyl (C=O) groups is 3. The standard InChI is InChI=1S/C18H21FN2OS.C4H4O4/c1-20(2)12-13-21(3)18(22)14-8-4-6-10-16(14)23-17-11-7-5-9-15(17)19;5-3(6)1-2-4(7)8/h4-11H,12-13H2,1-3H3;1-2H,(H,5,6)(H,7,8). The molecule has 0 heterocycles. The van der Waals surface area contributed by atoms with Gasteiger partial charge < -0.3 is 20.0 Å². The number of aliphatic carboxylic acids is 2. The highest BCUT2D eigenvalue weighted by molar-refractivity contribution is 7.99. The van der Waals surface area contributed by atoms with Crippen LogP contribution in [0.15, 0.2) is 70.5 Å². The summed E-state index contributed by atoms with van der Waals surface area (Å²) in [5.41, 5.74) is 0.599. The predicted molar refractivity (Wildman–Crippen MR) is 117 cm³/mol. The second-order valence-corrected chi connectivity index (χ2v) is 7.65. The molecule has 0 aromatic heterocycles. The van der Waals surface area contributed by atoms with Crippen LogP contribution in [-0.4, -0.2) is 72.1 Å². The Kier molecular flexibility index (Phi) is 11.0. The second kappa shape index (κ2) is 13.2. The highest BCUT2D eigenvalue weighted by atomic mass is 32.2. The first-order chi connectivity index (χ1) is 14.6. The third-order valence-corrected chi connectivity index (χ3v) is 4.90. The molecule has 2 N–H and O–H groups in total. The lowest BCUT2D eigenvalue weighted by molar-refractivity contribution is -0.134. The van der Waals surface area contributed by atoms with Crippen LogP contribution in [0.1, 0.15) is 10.4 Å². The van der Waals surface area contributed by atoms with Gasteiger partial charge in [0.15, 0.2) is 0 Å². The Bertz CT molecular complexity index is 918. The first-order valence-corrected chi connectivity index (χ1v) is 9.99. The van der Waals surface area contributed by atoms with Crippen LogP contribution in [0.3, 0.4) is 0 Å². The van der Waals surface area contributed by atoms with Crippen molar-refractivity contribution in [2.45, 2.75) is 9.79 Å². The van der Waals surface area contributed by atoms with Crippen molar-refractivity contribution in [1.29, 1.82) is 0 Å². The second-order valence-electron chi connectivity index (χ2n) is 6.57. The van der Waals surface area contributed by atoms with Gasteiger partial charge in [0, 0.05) is 42.1 Å². The van der Waals surface area contributed by atoms with Crippen LogP contribution in [0.2, 0.25) is 0 Å². The lowest BCUT2D eigenvalue weighted by Crippen LogP contribution is -2.33. The molecule has 0 aliphatic rings. The molecule has 2 aromatic rings. The maximum absolute atomic E-state index is 13.9. The molecule has 0 spiro atoms. The number of nitrogens with zero attached hydrogens (tertiary/aromatic N) is 2. The summed E-state index contributed by atoms with van der Waals surface area (Å²) in [5.74, 6) is -2.84. The number of likely N-dealkylation sites (N-methyl/N-ethyl adjacent to an activating group) is 2. The lowest BCUT2D eigenvalue weighted by Gasteiger charge is -2.21. The number of carboxylic acid groups (broad SMARTS) is 2. The van der Waals surface area contributed by atoms with Gasteiger partial charge in [-0.3, -0.25) is 4.79 Å². The largest absolute Gasteiger partial charge is 0.478 e.